The summed E-state index contributed by atoms with van der Waals surface area (Å²) in [6.07, 6.45) is 0.678. The number of hydrogen-bond acceptors (Lipinski definition) is 2. The number of benzene rings is 1. The number of rotatable bonds is 4. The second-order valence-corrected chi connectivity index (χ2v) is 2.65. The molecule has 66 valence electrons. The number of ether oxygens (including phenoxy) is 1. The highest BCUT2D eigenvalue weighted by atomic mass is 16.5. The Labute approximate surface area is 72.8 Å². The predicted octanol–water partition coefficient (Wildman–Crippen LogP) is 1.76. The Balaban J connectivity index is 2.66. The van der Waals surface area contributed by atoms with Crippen molar-refractivity contribution >= 4 is 0 Å². The van der Waals surface area contributed by atoms with Gasteiger partial charge >= 0.3 is 0 Å². The first-order chi connectivity index (χ1) is 5.88. The second kappa shape index (κ2) is 4.91. The molecule has 0 saturated heterocycles. The molecule has 0 aromatic heterocycles. The summed E-state index contributed by atoms with van der Waals surface area (Å²) in [5.41, 5.74) is 1.12. The van der Waals surface area contributed by atoms with Crippen LogP contribution in [0.4, 0.5) is 0 Å². The second-order valence-electron chi connectivity index (χ2n) is 2.65. The number of hydrogen-bond donors (Lipinski definition) is 1. The van der Waals surface area contributed by atoms with Gasteiger partial charge < -0.3 is 9.84 Å². The monoisotopic (exact) mass is 166 g/mol. The van der Waals surface area contributed by atoms with Gasteiger partial charge in [-0.25, -0.2) is 0 Å². The lowest BCUT2D eigenvalue weighted by Gasteiger charge is -2.13. The zero-order valence-corrected chi connectivity index (χ0v) is 7.23. The van der Waals surface area contributed by atoms with Crippen LogP contribution < -0.4 is 0 Å². The van der Waals surface area contributed by atoms with Crippen LogP contribution in [0, 0.1) is 0 Å². The first kappa shape index (κ1) is 9.23. The van der Waals surface area contributed by atoms with E-state index in [1.54, 1.807) is 7.11 Å². The molecule has 0 aliphatic heterocycles. The van der Waals surface area contributed by atoms with E-state index in [9.17, 15) is 0 Å². The summed E-state index contributed by atoms with van der Waals surface area (Å²) in [5.74, 6) is 0. The van der Waals surface area contributed by atoms with Gasteiger partial charge in [-0.3, -0.25) is 0 Å². The summed E-state index contributed by atoms with van der Waals surface area (Å²) >= 11 is 0. The van der Waals surface area contributed by atoms with Gasteiger partial charge in [-0.15, -0.1) is 0 Å². The molecule has 0 bridgehead atoms. The van der Waals surface area contributed by atoms with Crippen LogP contribution in [0.3, 0.4) is 0 Å². The fourth-order valence-electron chi connectivity index (χ4n) is 1.21. The van der Waals surface area contributed by atoms with Crippen LogP contribution in [0.25, 0.3) is 0 Å². The molecule has 0 amide bonds. The molecule has 0 spiro atoms. The van der Waals surface area contributed by atoms with E-state index in [-0.39, 0.29) is 12.7 Å². The van der Waals surface area contributed by atoms with Gasteiger partial charge in [0.2, 0.25) is 0 Å². The highest BCUT2D eigenvalue weighted by Gasteiger charge is 2.07. The summed E-state index contributed by atoms with van der Waals surface area (Å²) in [5, 5.41) is 8.75. The lowest BCUT2D eigenvalue weighted by Crippen LogP contribution is -2.03. The molecule has 1 aromatic carbocycles. The number of aliphatic hydroxyl groups excluding tert-OH is 1. The third kappa shape index (κ3) is 2.32. The van der Waals surface area contributed by atoms with Crippen LogP contribution in [0.5, 0.6) is 0 Å². The van der Waals surface area contributed by atoms with Crippen LogP contribution in [-0.4, -0.2) is 18.8 Å². The molecule has 1 N–H and O–H groups in total. The Morgan fingerprint density at radius 3 is 2.50 bits per heavy atom. The molecule has 0 saturated carbocycles. The van der Waals surface area contributed by atoms with Gasteiger partial charge in [0.25, 0.3) is 0 Å². The maximum absolute atomic E-state index is 8.75. The summed E-state index contributed by atoms with van der Waals surface area (Å²) in [6.45, 7) is 0.160. The van der Waals surface area contributed by atoms with Crippen molar-refractivity contribution in [3.05, 3.63) is 35.9 Å². The summed E-state index contributed by atoms with van der Waals surface area (Å²) < 4.78 is 5.22. The molecule has 1 rings (SSSR count). The lowest BCUT2D eigenvalue weighted by molar-refractivity contribution is 0.0775. The van der Waals surface area contributed by atoms with Crippen molar-refractivity contribution in [3.63, 3.8) is 0 Å². The van der Waals surface area contributed by atoms with Crippen LogP contribution >= 0.6 is 0 Å². The normalized spacial score (nSPS) is 12.8. The van der Waals surface area contributed by atoms with Gasteiger partial charge in [0, 0.05) is 20.1 Å². The highest BCUT2D eigenvalue weighted by molar-refractivity contribution is 5.17. The molecular weight excluding hydrogens is 152 g/mol. The van der Waals surface area contributed by atoms with Crippen LogP contribution in [0.1, 0.15) is 18.1 Å². The van der Waals surface area contributed by atoms with Crippen molar-refractivity contribution in [1.82, 2.24) is 0 Å². The van der Waals surface area contributed by atoms with Gasteiger partial charge in [0.1, 0.15) is 0 Å². The fourth-order valence-corrected chi connectivity index (χ4v) is 1.21. The Morgan fingerprint density at radius 1 is 1.33 bits per heavy atom. The van der Waals surface area contributed by atoms with Crippen molar-refractivity contribution < 1.29 is 9.84 Å². The molecule has 0 fully saturated rings. The topological polar surface area (TPSA) is 29.5 Å². The molecule has 2 nitrogen and oxygen atoms in total. The standard InChI is InChI=1S/C10H14O2/c1-12-10(7-8-11)9-5-3-2-4-6-9/h2-6,10-11H,7-8H2,1H3/t10-/m0/s1. The largest absolute Gasteiger partial charge is 0.396 e. The smallest absolute Gasteiger partial charge is 0.0843 e. The first-order valence-electron chi connectivity index (χ1n) is 4.07. The van der Waals surface area contributed by atoms with E-state index in [0.717, 1.165) is 5.56 Å². The van der Waals surface area contributed by atoms with E-state index in [1.165, 1.54) is 0 Å². The molecular formula is C10H14O2. The minimum Gasteiger partial charge on any atom is -0.396 e. The molecule has 0 radical (unpaired) electrons. The van der Waals surface area contributed by atoms with Crippen LogP contribution in [0.2, 0.25) is 0 Å². The van der Waals surface area contributed by atoms with E-state index >= 15 is 0 Å². The van der Waals surface area contributed by atoms with Gasteiger partial charge in [-0.05, 0) is 5.56 Å². The highest BCUT2D eigenvalue weighted by Crippen LogP contribution is 2.18. The Hall–Kier alpha value is -0.860. The van der Waals surface area contributed by atoms with Crippen molar-refractivity contribution in [3.8, 4) is 0 Å². The minimum absolute atomic E-state index is 0.0243. The third-order valence-corrected chi connectivity index (χ3v) is 1.85. The van der Waals surface area contributed by atoms with Gasteiger partial charge in [0.15, 0.2) is 0 Å². The first-order valence-corrected chi connectivity index (χ1v) is 4.07. The van der Waals surface area contributed by atoms with Crippen molar-refractivity contribution in [2.24, 2.45) is 0 Å². The Morgan fingerprint density at radius 2 is 2.00 bits per heavy atom. The molecule has 1 aromatic rings. The maximum atomic E-state index is 8.75. The van der Waals surface area contributed by atoms with Gasteiger partial charge in [-0.2, -0.15) is 0 Å². The zero-order chi connectivity index (χ0) is 8.81. The van der Waals surface area contributed by atoms with Crippen LogP contribution in [-0.2, 0) is 4.74 Å². The van der Waals surface area contributed by atoms with Crippen molar-refractivity contribution in [2.45, 2.75) is 12.5 Å². The van der Waals surface area contributed by atoms with Gasteiger partial charge in [0.05, 0.1) is 6.10 Å². The molecule has 0 heterocycles. The lowest BCUT2D eigenvalue weighted by atomic mass is 10.1. The van der Waals surface area contributed by atoms with Crippen LogP contribution in [0.15, 0.2) is 30.3 Å². The SMILES string of the molecule is CO[C@@H](CCO)c1ccccc1. The van der Waals surface area contributed by atoms with E-state index < -0.39 is 0 Å². The average Bonchev–Trinajstić information content (AvgIpc) is 2.15. The Kier molecular flexibility index (Phi) is 3.77. The molecule has 2 heteroatoms. The zero-order valence-electron chi connectivity index (χ0n) is 7.23. The van der Waals surface area contributed by atoms with E-state index in [1.807, 2.05) is 30.3 Å². The van der Waals surface area contributed by atoms with E-state index in [2.05, 4.69) is 0 Å². The van der Waals surface area contributed by atoms with Crippen molar-refractivity contribution in [1.29, 1.82) is 0 Å². The molecule has 0 unspecified atom stereocenters. The number of aliphatic hydroxyl groups is 1. The number of methoxy groups -OCH3 is 1. The maximum Gasteiger partial charge on any atom is 0.0843 e. The quantitative estimate of drug-likeness (QED) is 0.738. The molecule has 1 atom stereocenters. The predicted molar refractivity (Wildman–Crippen MR) is 47.9 cm³/mol. The van der Waals surface area contributed by atoms with E-state index in [0.29, 0.717) is 6.42 Å². The molecule has 0 aliphatic carbocycles. The molecule has 12 heavy (non-hydrogen) atoms. The van der Waals surface area contributed by atoms with Gasteiger partial charge in [-0.1, -0.05) is 30.3 Å². The van der Waals surface area contributed by atoms with Crippen molar-refractivity contribution in [2.75, 3.05) is 13.7 Å². The Bertz CT molecular complexity index is 208. The molecule has 0 aliphatic rings. The summed E-state index contributed by atoms with van der Waals surface area (Å²) in [7, 11) is 1.66. The summed E-state index contributed by atoms with van der Waals surface area (Å²) in [6, 6.07) is 9.92. The average molecular weight is 166 g/mol. The minimum atomic E-state index is 0.0243. The van der Waals surface area contributed by atoms with E-state index in [4.69, 9.17) is 9.84 Å². The summed E-state index contributed by atoms with van der Waals surface area (Å²) in [4.78, 5) is 0. The fraction of sp³-hybridized carbons (Fsp3) is 0.400. The third-order valence-electron chi connectivity index (χ3n) is 1.85.